The van der Waals surface area contributed by atoms with E-state index in [-0.39, 0.29) is 12.5 Å². The maximum Gasteiger partial charge on any atom is 0.220 e. The number of carbonyl (C=O) groups excluding carboxylic acids is 1. The lowest BCUT2D eigenvalue weighted by atomic mass is 10.0. The Hall–Kier alpha value is -3.21. The van der Waals surface area contributed by atoms with E-state index >= 15 is 0 Å². The van der Waals surface area contributed by atoms with Gasteiger partial charge in [0, 0.05) is 6.42 Å². The minimum Gasteiger partial charge on any atom is -0.394 e. The molecule has 0 saturated carbocycles. The fourth-order valence-corrected chi connectivity index (χ4v) is 7.23. The Balaban J connectivity index is 3.65. The van der Waals surface area contributed by atoms with E-state index in [4.69, 9.17) is 0 Å². The first kappa shape index (κ1) is 59.8. The number of hydrogen-bond donors (Lipinski definition) is 3. The predicted molar refractivity (Wildman–Crippen MR) is 280 cm³/mol. The predicted octanol–water partition coefficient (Wildman–Crippen LogP) is 17.3. The average molecular weight is 870 g/mol. The highest BCUT2D eigenvalue weighted by Gasteiger charge is 2.17. The fourth-order valence-electron chi connectivity index (χ4n) is 7.23. The Morgan fingerprint density at radius 2 is 0.698 bits per heavy atom. The normalized spacial score (nSPS) is 13.9. The maximum absolute atomic E-state index is 12.4. The quantitative estimate of drug-likeness (QED) is 0.0422. The van der Waals surface area contributed by atoms with Crippen molar-refractivity contribution < 1.29 is 15.0 Å². The lowest BCUT2D eigenvalue weighted by Gasteiger charge is -2.20. The van der Waals surface area contributed by atoms with Crippen LogP contribution in [0, 0.1) is 0 Å². The molecule has 3 N–H and O–H groups in total. The van der Waals surface area contributed by atoms with E-state index < -0.39 is 12.1 Å². The summed E-state index contributed by atoms with van der Waals surface area (Å²) in [5, 5.41) is 23.1. The molecule has 63 heavy (non-hydrogen) atoms. The summed E-state index contributed by atoms with van der Waals surface area (Å²) in [7, 11) is 0. The molecule has 0 aromatic carbocycles. The van der Waals surface area contributed by atoms with Gasteiger partial charge in [-0.15, -0.1) is 0 Å². The number of unbranched alkanes of at least 4 members (excludes halogenated alkanes) is 21. The number of hydrogen-bond acceptors (Lipinski definition) is 3. The third-order valence-electron chi connectivity index (χ3n) is 11.2. The number of amides is 1. The highest BCUT2D eigenvalue weighted by atomic mass is 16.3. The van der Waals surface area contributed by atoms with Crippen molar-refractivity contribution in [2.24, 2.45) is 0 Å². The first-order valence-corrected chi connectivity index (χ1v) is 26.2. The van der Waals surface area contributed by atoms with Crippen LogP contribution in [-0.2, 0) is 4.79 Å². The standard InChI is InChI=1S/C59H99NO3/c1-3-5-7-9-11-13-15-17-19-21-22-23-24-25-26-27-28-29-30-31-32-33-34-35-36-37-38-39-41-43-45-47-49-51-53-55-59(63)60-57(56-61)58(62)54-52-50-48-46-44-42-40-20-18-16-14-12-10-8-6-4-2/h5,7,11,13,17,19,22-23,25-26,28-29,31-32,34-35,37-38,52,54,57-58,61-62H,3-4,6,8-10,12,14-16,18,20-21,24,27,30,33,36,39-51,53,55-56H2,1-2H3,(H,60,63)/b7-5-,13-11-,19-17-,23-22-,26-25-,29-28-,32-31-,35-34-,38-37-,54-52+. The van der Waals surface area contributed by atoms with E-state index in [2.05, 4.69) is 129 Å². The molecule has 0 aromatic heterocycles. The minimum atomic E-state index is -0.852. The van der Waals surface area contributed by atoms with Gasteiger partial charge in [-0.2, -0.15) is 0 Å². The smallest absolute Gasteiger partial charge is 0.220 e. The second-order valence-corrected chi connectivity index (χ2v) is 17.2. The zero-order chi connectivity index (χ0) is 45.6. The lowest BCUT2D eigenvalue weighted by Crippen LogP contribution is -2.45. The first-order valence-electron chi connectivity index (χ1n) is 26.2. The summed E-state index contributed by atoms with van der Waals surface area (Å²) >= 11 is 0. The van der Waals surface area contributed by atoms with Crippen LogP contribution in [0.3, 0.4) is 0 Å². The van der Waals surface area contributed by atoms with E-state index in [0.29, 0.717) is 6.42 Å². The van der Waals surface area contributed by atoms with Gasteiger partial charge in [-0.05, 0) is 89.9 Å². The van der Waals surface area contributed by atoms with Gasteiger partial charge in [0.2, 0.25) is 5.91 Å². The van der Waals surface area contributed by atoms with Crippen molar-refractivity contribution in [2.75, 3.05) is 6.61 Å². The molecule has 0 rings (SSSR count). The van der Waals surface area contributed by atoms with Crippen LogP contribution in [-0.4, -0.2) is 34.9 Å². The molecule has 2 unspecified atom stereocenters. The number of carbonyl (C=O) groups is 1. The van der Waals surface area contributed by atoms with Gasteiger partial charge >= 0.3 is 0 Å². The van der Waals surface area contributed by atoms with Crippen LogP contribution in [0.2, 0.25) is 0 Å². The SMILES string of the molecule is CC/C=C\C/C=C\C/C=C\C/C=C\C/C=C\C/C=C\C/C=C\C/C=C\C/C=C\CCCCCCCCCC(=O)NC(CO)C(O)/C=C/CCCCCCCCCCCCCCCC. The summed E-state index contributed by atoms with van der Waals surface area (Å²) in [6.45, 7) is 4.18. The van der Waals surface area contributed by atoms with Gasteiger partial charge in [0.25, 0.3) is 0 Å². The number of aliphatic hydroxyl groups is 2. The van der Waals surface area contributed by atoms with Crippen LogP contribution < -0.4 is 5.32 Å². The third kappa shape index (κ3) is 49.7. The van der Waals surface area contributed by atoms with Gasteiger partial charge in [-0.25, -0.2) is 0 Å². The highest BCUT2D eigenvalue weighted by molar-refractivity contribution is 5.76. The Kier molecular flexibility index (Phi) is 50.4. The van der Waals surface area contributed by atoms with Crippen molar-refractivity contribution in [1.29, 1.82) is 0 Å². The fraction of sp³-hybridized carbons (Fsp3) is 0.644. The Labute approximate surface area is 390 Å². The van der Waals surface area contributed by atoms with Crippen molar-refractivity contribution in [3.63, 3.8) is 0 Å². The zero-order valence-corrected chi connectivity index (χ0v) is 41.0. The van der Waals surface area contributed by atoms with Gasteiger partial charge in [0.05, 0.1) is 18.8 Å². The number of rotatable bonds is 46. The molecule has 0 aliphatic rings. The summed E-state index contributed by atoms with van der Waals surface area (Å²) in [6.07, 6.45) is 81.8. The third-order valence-corrected chi connectivity index (χ3v) is 11.2. The van der Waals surface area contributed by atoms with Crippen LogP contribution in [0.4, 0.5) is 0 Å². The molecule has 0 aliphatic heterocycles. The van der Waals surface area contributed by atoms with E-state index in [9.17, 15) is 15.0 Å². The number of nitrogens with one attached hydrogen (secondary N) is 1. The highest BCUT2D eigenvalue weighted by Crippen LogP contribution is 2.14. The van der Waals surface area contributed by atoms with Crippen molar-refractivity contribution in [3.8, 4) is 0 Å². The molecule has 4 heteroatoms. The van der Waals surface area contributed by atoms with Gasteiger partial charge in [0.15, 0.2) is 0 Å². The summed E-state index contributed by atoms with van der Waals surface area (Å²) in [6, 6.07) is -0.637. The summed E-state index contributed by atoms with van der Waals surface area (Å²) in [4.78, 5) is 12.4. The largest absolute Gasteiger partial charge is 0.394 e. The first-order chi connectivity index (χ1) is 31.2. The van der Waals surface area contributed by atoms with E-state index in [1.807, 2.05) is 6.08 Å². The summed E-state index contributed by atoms with van der Waals surface area (Å²) in [5.74, 6) is -0.0802. The second kappa shape index (κ2) is 53.1. The molecule has 0 fully saturated rings. The molecule has 0 saturated heterocycles. The van der Waals surface area contributed by atoms with Crippen LogP contribution in [0.5, 0.6) is 0 Å². The molecule has 0 radical (unpaired) electrons. The number of allylic oxidation sites excluding steroid dienone is 19. The van der Waals surface area contributed by atoms with Gasteiger partial charge < -0.3 is 15.5 Å². The Bertz CT molecular complexity index is 1260. The molecule has 0 aliphatic carbocycles. The van der Waals surface area contributed by atoms with Gasteiger partial charge in [-0.3, -0.25) is 4.79 Å². The maximum atomic E-state index is 12.4. The van der Waals surface area contributed by atoms with E-state index in [1.54, 1.807) is 6.08 Å². The van der Waals surface area contributed by atoms with Crippen molar-refractivity contribution >= 4 is 5.91 Å². The minimum absolute atomic E-state index is 0.0802. The summed E-state index contributed by atoms with van der Waals surface area (Å²) < 4.78 is 0. The molecular weight excluding hydrogens is 771 g/mol. The van der Waals surface area contributed by atoms with Crippen LogP contribution in [0.15, 0.2) is 122 Å². The van der Waals surface area contributed by atoms with E-state index in [0.717, 1.165) is 96.3 Å². The molecule has 0 spiro atoms. The lowest BCUT2D eigenvalue weighted by molar-refractivity contribution is -0.123. The van der Waals surface area contributed by atoms with Crippen LogP contribution in [0.1, 0.15) is 226 Å². The topological polar surface area (TPSA) is 69.6 Å². The molecular formula is C59H99NO3. The molecule has 0 aromatic rings. The monoisotopic (exact) mass is 870 g/mol. The van der Waals surface area contributed by atoms with Gasteiger partial charge in [-0.1, -0.05) is 251 Å². The average Bonchev–Trinajstić information content (AvgIpc) is 3.29. The zero-order valence-electron chi connectivity index (χ0n) is 41.0. The second-order valence-electron chi connectivity index (χ2n) is 17.2. The Morgan fingerprint density at radius 1 is 0.397 bits per heavy atom. The molecule has 0 bridgehead atoms. The number of aliphatic hydroxyl groups excluding tert-OH is 2. The van der Waals surface area contributed by atoms with Gasteiger partial charge in [0.1, 0.15) is 0 Å². The molecule has 4 nitrogen and oxygen atoms in total. The van der Waals surface area contributed by atoms with Crippen molar-refractivity contribution in [2.45, 2.75) is 238 Å². The Morgan fingerprint density at radius 3 is 1.05 bits per heavy atom. The molecule has 1 amide bonds. The van der Waals surface area contributed by atoms with Crippen molar-refractivity contribution in [3.05, 3.63) is 122 Å². The van der Waals surface area contributed by atoms with E-state index in [1.165, 1.54) is 109 Å². The van der Waals surface area contributed by atoms with Crippen LogP contribution in [0.25, 0.3) is 0 Å². The van der Waals surface area contributed by atoms with Crippen LogP contribution >= 0.6 is 0 Å². The summed E-state index contributed by atoms with van der Waals surface area (Å²) in [5.41, 5.74) is 0. The molecule has 358 valence electrons. The molecule has 2 atom stereocenters. The molecule has 0 heterocycles. The van der Waals surface area contributed by atoms with Crippen molar-refractivity contribution in [1.82, 2.24) is 5.32 Å².